The maximum atomic E-state index is 11.1. The van der Waals surface area contributed by atoms with Crippen LogP contribution in [0.15, 0.2) is 17.5 Å². The summed E-state index contributed by atoms with van der Waals surface area (Å²) in [5.74, 6) is 0.227. The quantitative estimate of drug-likeness (QED) is 0.822. The van der Waals surface area contributed by atoms with Crippen molar-refractivity contribution in [3.63, 3.8) is 0 Å². The lowest BCUT2D eigenvalue weighted by Gasteiger charge is -2.11. The van der Waals surface area contributed by atoms with Crippen molar-refractivity contribution in [3.05, 3.63) is 22.4 Å². The van der Waals surface area contributed by atoms with Gasteiger partial charge in [0.2, 0.25) is 0 Å². The van der Waals surface area contributed by atoms with Crippen molar-refractivity contribution in [1.82, 2.24) is 0 Å². The second-order valence-electron chi connectivity index (χ2n) is 3.48. The number of hydrogen-bond donors (Lipinski definition) is 1. The highest BCUT2D eigenvalue weighted by Crippen LogP contribution is 2.15. The first kappa shape index (κ1) is 11.7. The lowest BCUT2D eigenvalue weighted by molar-refractivity contribution is 0.558. The summed E-state index contributed by atoms with van der Waals surface area (Å²) < 4.78 is 22.2. The summed E-state index contributed by atoms with van der Waals surface area (Å²) in [5, 5.41) is 1.99. The maximum absolute atomic E-state index is 11.1. The van der Waals surface area contributed by atoms with Gasteiger partial charge in [0.25, 0.3) is 0 Å². The van der Waals surface area contributed by atoms with Gasteiger partial charge in [-0.3, -0.25) is 0 Å². The maximum Gasteiger partial charge on any atom is 0.147 e. The minimum Gasteiger partial charge on any atom is -0.330 e. The summed E-state index contributed by atoms with van der Waals surface area (Å²) in [7, 11) is -2.91. The molecule has 0 saturated heterocycles. The van der Waals surface area contributed by atoms with Crippen LogP contribution in [0.1, 0.15) is 4.88 Å². The monoisotopic (exact) mass is 233 g/mol. The van der Waals surface area contributed by atoms with E-state index in [2.05, 4.69) is 0 Å². The van der Waals surface area contributed by atoms with Crippen molar-refractivity contribution < 1.29 is 8.42 Å². The Morgan fingerprint density at radius 2 is 2.29 bits per heavy atom. The van der Waals surface area contributed by atoms with Crippen molar-refractivity contribution >= 4 is 21.2 Å². The van der Waals surface area contributed by atoms with E-state index in [-0.39, 0.29) is 11.7 Å². The third-order valence-corrected chi connectivity index (χ3v) is 3.92. The van der Waals surface area contributed by atoms with E-state index in [1.54, 1.807) is 11.3 Å². The first-order valence-electron chi connectivity index (χ1n) is 4.41. The molecule has 1 rings (SSSR count). The molecule has 1 aromatic heterocycles. The Bertz CT molecular complexity index is 356. The smallest absolute Gasteiger partial charge is 0.147 e. The Labute approximate surface area is 88.9 Å². The predicted octanol–water partition coefficient (Wildman–Crippen LogP) is 0.910. The van der Waals surface area contributed by atoms with Crippen molar-refractivity contribution in [2.45, 2.75) is 6.42 Å². The summed E-state index contributed by atoms with van der Waals surface area (Å²) >= 11 is 1.64. The molecule has 3 nitrogen and oxygen atoms in total. The molecule has 0 amide bonds. The van der Waals surface area contributed by atoms with Gasteiger partial charge in [-0.2, -0.15) is 0 Å². The van der Waals surface area contributed by atoms with E-state index in [0.717, 1.165) is 6.42 Å². The standard InChI is InChI=1S/C9H15NO2S2/c1-14(11,12)7-8(6-10)5-9-3-2-4-13-9/h2-4,8H,5-7,10H2,1H3. The molecule has 0 bridgehead atoms. The Morgan fingerprint density at radius 3 is 2.71 bits per heavy atom. The van der Waals surface area contributed by atoms with E-state index in [1.807, 2.05) is 17.5 Å². The first-order valence-corrected chi connectivity index (χ1v) is 7.35. The zero-order chi connectivity index (χ0) is 10.6. The number of sulfone groups is 1. The molecule has 1 atom stereocenters. The Hall–Kier alpha value is -0.390. The van der Waals surface area contributed by atoms with Crippen LogP contribution in [0.2, 0.25) is 0 Å². The topological polar surface area (TPSA) is 60.2 Å². The SMILES string of the molecule is CS(=O)(=O)CC(CN)Cc1cccs1. The molecule has 0 spiro atoms. The van der Waals surface area contributed by atoms with Crippen molar-refractivity contribution in [2.24, 2.45) is 11.7 Å². The summed E-state index contributed by atoms with van der Waals surface area (Å²) in [5.41, 5.74) is 5.54. The highest BCUT2D eigenvalue weighted by Gasteiger charge is 2.14. The molecular formula is C9H15NO2S2. The summed E-state index contributed by atoms with van der Waals surface area (Å²) in [4.78, 5) is 1.20. The van der Waals surface area contributed by atoms with Gasteiger partial charge in [-0.25, -0.2) is 8.42 Å². The average Bonchev–Trinajstić information content (AvgIpc) is 2.53. The van der Waals surface area contributed by atoms with Crippen LogP contribution in [0.5, 0.6) is 0 Å². The lowest BCUT2D eigenvalue weighted by Crippen LogP contribution is -2.24. The van der Waals surface area contributed by atoms with Gasteiger partial charge in [-0.1, -0.05) is 6.07 Å². The molecule has 0 aliphatic heterocycles. The predicted molar refractivity (Wildman–Crippen MR) is 60.3 cm³/mol. The van der Waals surface area contributed by atoms with Gasteiger partial charge in [-0.05, 0) is 30.3 Å². The second kappa shape index (κ2) is 4.91. The molecule has 2 N–H and O–H groups in total. The van der Waals surface area contributed by atoms with Gasteiger partial charge in [0, 0.05) is 11.1 Å². The van der Waals surface area contributed by atoms with E-state index in [0.29, 0.717) is 6.54 Å². The number of hydrogen-bond acceptors (Lipinski definition) is 4. The first-order chi connectivity index (χ1) is 6.51. The van der Waals surface area contributed by atoms with Crippen LogP contribution in [-0.4, -0.2) is 27.0 Å². The molecular weight excluding hydrogens is 218 g/mol. The second-order valence-corrected chi connectivity index (χ2v) is 6.69. The molecule has 5 heteroatoms. The highest BCUT2D eigenvalue weighted by atomic mass is 32.2. The molecule has 80 valence electrons. The van der Waals surface area contributed by atoms with Crippen LogP contribution in [0.3, 0.4) is 0 Å². The Balaban J connectivity index is 2.56. The van der Waals surface area contributed by atoms with Crippen molar-refractivity contribution in [1.29, 1.82) is 0 Å². The minimum atomic E-state index is -2.91. The summed E-state index contributed by atoms with van der Waals surface area (Å²) in [6.07, 6.45) is 2.02. The number of nitrogens with two attached hydrogens (primary N) is 1. The van der Waals surface area contributed by atoms with Crippen LogP contribution >= 0.6 is 11.3 Å². The molecule has 0 saturated carbocycles. The fourth-order valence-electron chi connectivity index (χ4n) is 1.35. The van der Waals surface area contributed by atoms with E-state index in [4.69, 9.17) is 5.73 Å². The molecule has 1 heterocycles. The molecule has 14 heavy (non-hydrogen) atoms. The van der Waals surface area contributed by atoms with Crippen LogP contribution in [0.25, 0.3) is 0 Å². The molecule has 1 unspecified atom stereocenters. The van der Waals surface area contributed by atoms with Crippen molar-refractivity contribution in [2.75, 3.05) is 18.6 Å². The van der Waals surface area contributed by atoms with Gasteiger partial charge in [-0.15, -0.1) is 11.3 Å². The molecule has 0 radical (unpaired) electrons. The molecule has 0 aliphatic rings. The molecule has 0 aromatic carbocycles. The zero-order valence-electron chi connectivity index (χ0n) is 8.14. The van der Waals surface area contributed by atoms with Gasteiger partial charge >= 0.3 is 0 Å². The normalized spacial score (nSPS) is 14.1. The number of rotatable bonds is 5. The third kappa shape index (κ3) is 4.21. The molecule has 1 aromatic rings. The van der Waals surface area contributed by atoms with E-state index in [1.165, 1.54) is 11.1 Å². The summed E-state index contributed by atoms with van der Waals surface area (Å²) in [6, 6.07) is 3.98. The largest absolute Gasteiger partial charge is 0.330 e. The van der Waals surface area contributed by atoms with Crippen LogP contribution in [-0.2, 0) is 16.3 Å². The third-order valence-electron chi connectivity index (χ3n) is 1.94. The average molecular weight is 233 g/mol. The van der Waals surface area contributed by atoms with Crippen LogP contribution in [0.4, 0.5) is 0 Å². The van der Waals surface area contributed by atoms with Gasteiger partial charge in [0.1, 0.15) is 9.84 Å². The minimum absolute atomic E-state index is 0.0450. The zero-order valence-corrected chi connectivity index (χ0v) is 9.77. The summed E-state index contributed by atoms with van der Waals surface area (Å²) in [6.45, 7) is 0.422. The van der Waals surface area contributed by atoms with Crippen molar-refractivity contribution in [3.8, 4) is 0 Å². The van der Waals surface area contributed by atoms with Gasteiger partial charge in [0.05, 0.1) is 5.75 Å². The number of thiophene rings is 1. The van der Waals surface area contributed by atoms with Gasteiger partial charge < -0.3 is 5.73 Å². The highest BCUT2D eigenvalue weighted by molar-refractivity contribution is 7.90. The van der Waals surface area contributed by atoms with E-state index < -0.39 is 9.84 Å². The van der Waals surface area contributed by atoms with E-state index in [9.17, 15) is 8.42 Å². The van der Waals surface area contributed by atoms with E-state index >= 15 is 0 Å². The Kier molecular flexibility index (Phi) is 4.10. The van der Waals surface area contributed by atoms with Crippen LogP contribution < -0.4 is 5.73 Å². The van der Waals surface area contributed by atoms with Crippen LogP contribution in [0, 0.1) is 5.92 Å². The molecule has 0 aliphatic carbocycles. The fraction of sp³-hybridized carbons (Fsp3) is 0.556. The molecule has 0 fully saturated rings. The Morgan fingerprint density at radius 1 is 1.57 bits per heavy atom. The van der Waals surface area contributed by atoms with Gasteiger partial charge in [0.15, 0.2) is 0 Å². The lowest BCUT2D eigenvalue weighted by atomic mass is 10.1. The fourth-order valence-corrected chi connectivity index (χ4v) is 3.28.